The number of anilines is 1. The van der Waals surface area contributed by atoms with Gasteiger partial charge in [-0.3, -0.25) is 14.8 Å². The number of nitrogens with zero attached hydrogens (tertiary/aromatic N) is 7. The molecular formula is C24H25N7O. The van der Waals surface area contributed by atoms with Crippen LogP contribution in [0.25, 0.3) is 11.2 Å². The molecule has 0 radical (unpaired) electrons. The normalized spacial score (nSPS) is 14.5. The minimum Gasteiger partial charge on any atom is -0.369 e. The lowest BCUT2D eigenvalue weighted by molar-refractivity contribution is 0.0767. The second kappa shape index (κ2) is 8.74. The smallest absolute Gasteiger partial charge is 0.255 e. The number of imidazole rings is 1. The minimum absolute atomic E-state index is 0.00881. The Hall–Kier alpha value is -3.81. The van der Waals surface area contributed by atoms with Crippen LogP contribution in [0.1, 0.15) is 27.9 Å². The number of rotatable bonds is 4. The first-order chi connectivity index (χ1) is 15.7. The van der Waals surface area contributed by atoms with Crippen LogP contribution in [0.2, 0.25) is 0 Å². The van der Waals surface area contributed by atoms with E-state index in [1.165, 1.54) is 5.69 Å². The topological polar surface area (TPSA) is 80.0 Å². The average molecular weight is 428 g/mol. The summed E-state index contributed by atoms with van der Waals surface area (Å²) in [5.41, 5.74) is 5.49. The summed E-state index contributed by atoms with van der Waals surface area (Å²) in [6.45, 7) is 5.84. The zero-order valence-electron chi connectivity index (χ0n) is 18.1. The van der Waals surface area contributed by atoms with Crippen molar-refractivity contribution in [1.82, 2.24) is 29.4 Å². The van der Waals surface area contributed by atoms with Crippen molar-refractivity contribution in [3.05, 3.63) is 78.3 Å². The number of aromatic nitrogens is 5. The van der Waals surface area contributed by atoms with Gasteiger partial charge in [-0.25, -0.2) is 9.97 Å². The molecule has 0 spiro atoms. The predicted molar refractivity (Wildman–Crippen MR) is 123 cm³/mol. The van der Waals surface area contributed by atoms with Crippen molar-refractivity contribution >= 4 is 22.8 Å². The third-order valence-electron chi connectivity index (χ3n) is 5.89. The maximum absolute atomic E-state index is 13.2. The van der Waals surface area contributed by atoms with Gasteiger partial charge >= 0.3 is 0 Å². The van der Waals surface area contributed by atoms with Crippen molar-refractivity contribution in [3.63, 3.8) is 0 Å². The van der Waals surface area contributed by atoms with Gasteiger partial charge in [0, 0.05) is 62.9 Å². The molecule has 8 heteroatoms. The van der Waals surface area contributed by atoms with Crippen LogP contribution in [0.4, 0.5) is 5.69 Å². The lowest BCUT2D eigenvalue weighted by atomic mass is 10.2. The fourth-order valence-corrected chi connectivity index (χ4v) is 4.23. The largest absolute Gasteiger partial charge is 0.369 e. The fourth-order valence-electron chi connectivity index (χ4n) is 4.23. The maximum atomic E-state index is 13.2. The van der Waals surface area contributed by atoms with E-state index in [0.717, 1.165) is 48.3 Å². The monoisotopic (exact) mass is 427 g/mol. The molecule has 0 aromatic carbocycles. The number of pyridine rings is 3. The molecule has 0 N–H and O–H groups in total. The van der Waals surface area contributed by atoms with Crippen molar-refractivity contribution in [2.75, 3.05) is 31.1 Å². The van der Waals surface area contributed by atoms with E-state index in [1.807, 2.05) is 52.3 Å². The van der Waals surface area contributed by atoms with Crippen molar-refractivity contribution in [3.8, 4) is 0 Å². The molecule has 1 amide bonds. The quantitative estimate of drug-likeness (QED) is 0.498. The van der Waals surface area contributed by atoms with Gasteiger partial charge in [0.05, 0.1) is 18.4 Å². The molecule has 8 nitrogen and oxygen atoms in total. The Kier molecular flexibility index (Phi) is 5.49. The molecule has 1 fully saturated rings. The lowest BCUT2D eigenvalue weighted by Crippen LogP contribution is -2.35. The van der Waals surface area contributed by atoms with Crippen LogP contribution in [-0.4, -0.2) is 61.5 Å². The molecule has 0 saturated carbocycles. The zero-order chi connectivity index (χ0) is 21.9. The number of hydrogen-bond donors (Lipinski definition) is 0. The van der Waals surface area contributed by atoms with Crippen molar-refractivity contribution in [2.24, 2.45) is 0 Å². The summed E-state index contributed by atoms with van der Waals surface area (Å²) in [5.74, 6) is 0.00881. The van der Waals surface area contributed by atoms with Gasteiger partial charge in [-0.05, 0) is 42.7 Å². The molecular weight excluding hydrogens is 402 g/mol. The van der Waals surface area contributed by atoms with E-state index in [4.69, 9.17) is 0 Å². The first-order valence-corrected chi connectivity index (χ1v) is 10.8. The summed E-state index contributed by atoms with van der Waals surface area (Å²) in [7, 11) is 0. The number of carbonyl (C=O) groups is 1. The Morgan fingerprint density at radius 1 is 1.00 bits per heavy atom. The molecule has 32 heavy (non-hydrogen) atoms. The van der Waals surface area contributed by atoms with E-state index >= 15 is 0 Å². The van der Waals surface area contributed by atoms with Gasteiger partial charge in [0.2, 0.25) is 0 Å². The molecule has 1 aliphatic heterocycles. The van der Waals surface area contributed by atoms with E-state index in [0.29, 0.717) is 18.7 Å². The van der Waals surface area contributed by atoms with E-state index < -0.39 is 0 Å². The Morgan fingerprint density at radius 2 is 1.91 bits per heavy atom. The number of aryl methyl sites for hydroxylation is 1. The molecule has 0 aliphatic carbocycles. The molecule has 4 aromatic rings. The molecule has 162 valence electrons. The lowest BCUT2D eigenvalue weighted by Gasteiger charge is -2.25. The van der Waals surface area contributed by atoms with Gasteiger partial charge in [0.15, 0.2) is 5.65 Å². The second-order valence-corrected chi connectivity index (χ2v) is 8.10. The Morgan fingerprint density at radius 3 is 2.75 bits per heavy atom. The van der Waals surface area contributed by atoms with Crippen molar-refractivity contribution in [1.29, 1.82) is 0 Å². The number of amides is 1. The van der Waals surface area contributed by atoms with E-state index in [-0.39, 0.29) is 5.91 Å². The molecule has 1 saturated heterocycles. The second-order valence-electron chi connectivity index (χ2n) is 8.10. The van der Waals surface area contributed by atoms with Gasteiger partial charge in [-0.15, -0.1) is 0 Å². The molecule has 1 aliphatic rings. The van der Waals surface area contributed by atoms with Crippen LogP contribution in [0.3, 0.4) is 0 Å². The van der Waals surface area contributed by atoms with Crippen LogP contribution in [-0.2, 0) is 6.54 Å². The molecule has 5 heterocycles. The molecule has 4 aromatic heterocycles. The van der Waals surface area contributed by atoms with Crippen molar-refractivity contribution < 1.29 is 4.79 Å². The number of hydrogen-bond acceptors (Lipinski definition) is 6. The number of fused-ring (bicyclic) bond motifs is 1. The molecule has 0 atom stereocenters. The first kappa shape index (κ1) is 20.1. The highest BCUT2D eigenvalue weighted by atomic mass is 16.2. The standard InChI is InChI=1S/C24H25N7O/c1-18-13-26-7-5-22(18)29-8-3-9-30(11-10-29)24(32)20-12-21-23(27-15-20)31(17-28-21)16-19-4-2-6-25-14-19/h2,4-7,12-15,17H,3,8-11,16H2,1H3. The van der Waals surface area contributed by atoms with Gasteiger partial charge in [-0.1, -0.05) is 6.07 Å². The maximum Gasteiger partial charge on any atom is 0.255 e. The van der Waals surface area contributed by atoms with Gasteiger partial charge in [-0.2, -0.15) is 0 Å². The third-order valence-corrected chi connectivity index (χ3v) is 5.89. The highest BCUT2D eigenvalue weighted by Gasteiger charge is 2.22. The van der Waals surface area contributed by atoms with Crippen LogP contribution in [0, 0.1) is 6.92 Å². The summed E-state index contributed by atoms with van der Waals surface area (Å²) in [5, 5.41) is 0. The molecule has 0 unspecified atom stereocenters. The van der Waals surface area contributed by atoms with E-state index in [9.17, 15) is 4.79 Å². The van der Waals surface area contributed by atoms with Gasteiger partial charge in [0.1, 0.15) is 5.52 Å². The Balaban J connectivity index is 1.31. The van der Waals surface area contributed by atoms with Gasteiger partial charge < -0.3 is 14.4 Å². The highest BCUT2D eigenvalue weighted by Crippen LogP contribution is 2.21. The Bertz CT molecular complexity index is 1240. The zero-order valence-corrected chi connectivity index (χ0v) is 18.1. The summed E-state index contributed by atoms with van der Waals surface area (Å²) in [4.78, 5) is 34.9. The summed E-state index contributed by atoms with van der Waals surface area (Å²) < 4.78 is 1.97. The van der Waals surface area contributed by atoms with Crippen LogP contribution >= 0.6 is 0 Å². The van der Waals surface area contributed by atoms with Crippen LogP contribution in [0.15, 0.2) is 61.6 Å². The molecule has 5 rings (SSSR count). The Labute approximate surface area is 186 Å². The summed E-state index contributed by atoms with van der Waals surface area (Å²) in [6.07, 6.45) is 11.7. The highest BCUT2D eigenvalue weighted by molar-refractivity contribution is 5.96. The van der Waals surface area contributed by atoms with E-state index in [2.05, 4.69) is 31.8 Å². The van der Waals surface area contributed by atoms with Crippen LogP contribution < -0.4 is 4.90 Å². The third kappa shape index (κ3) is 4.03. The summed E-state index contributed by atoms with van der Waals surface area (Å²) >= 11 is 0. The molecule has 0 bridgehead atoms. The SMILES string of the molecule is Cc1cnccc1N1CCCN(C(=O)c2cnc3c(c2)ncn3Cc2cccnc2)CC1. The van der Waals surface area contributed by atoms with Crippen molar-refractivity contribution in [2.45, 2.75) is 19.9 Å². The predicted octanol–water partition coefficient (Wildman–Crippen LogP) is 2.93. The fraction of sp³-hybridized carbons (Fsp3) is 0.292. The van der Waals surface area contributed by atoms with E-state index in [1.54, 1.807) is 18.7 Å². The van der Waals surface area contributed by atoms with Gasteiger partial charge in [0.25, 0.3) is 5.91 Å². The summed E-state index contributed by atoms with van der Waals surface area (Å²) in [6, 6.07) is 7.83. The van der Waals surface area contributed by atoms with Crippen LogP contribution in [0.5, 0.6) is 0 Å². The number of carbonyl (C=O) groups excluding carboxylic acids is 1. The first-order valence-electron chi connectivity index (χ1n) is 10.8. The minimum atomic E-state index is 0.00881. The average Bonchev–Trinajstić information content (AvgIpc) is 3.06.